The third kappa shape index (κ3) is 4.99. The number of halogens is 4. The molecule has 1 amide bonds. The number of benzene rings is 2. The predicted octanol–water partition coefficient (Wildman–Crippen LogP) is 4.15. The second-order valence-corrected chi connectivity index (χ2v) is 5.15. The zero-order valence-corrected chi connectivity index (χ0v) is 12.8. The van der Waals surface area contributed by atoms with Gasteiger partial charge in [0.1, 0.15) is 0 Å². The van der Waals surface area contributed by atoms with Crippen molar-refractivity contribution in [2.45, 2.75) is 6.18 Å². The van der Waals surface area contributed by atoms with Gasteiger partial charge in [0, 0.05) is 10.7 Å². The predicted molar refractivity (Wildman–Crippen MR) is 81.8 cm³/mol. The summed E-state index contributed by atoms with van der Waals surface area (Å²) in [6.45, 7) is -0.627. The molecule has 0 aliphatic heterocycles. The molecule has 0 spiro atoms. The van der Waals surface area contributed by atoms with E-state index in [0.717, 1.165) is 12.1 Å². The Morgan fingerprint density at radius 1 is 1.08 bits per heavy atom. The Morgan fingerprint density at radius 3 is 2.38 bits per heavy atom. The summed E-state index contributed by atoms with van der Waals surface area (Å²) in [6, 6.07) is 9.99. The van der Waals surface area contributed by atoms with Crippen molar-refractivity contribution in [2.75, 3.05) is 11.9 Å². The molecule has 4 nitrogen and oxygen atoms in total. The van der Waals surface area contributed by atoms with Crippen molar-refractivity contribution in [3.05, 3.63) is 64.7 Å². The lowest BCUT2D eigenvalue weighted by Crippen LogP contribution is -2.21. The van der Waals surface area contributed by atoms with E-state index in [2.05, 4.69) is 5.32 Å². The average molecular weight is 358 g/mol. The SMILES string of the molecule is O=C(COC(=O)c1cccc(C(F)(F)F)c1)Nc1ccc(Cl)cc1. The molecule has 1 N–H and O–H groups in total. The van der Waals surface area contributed by atoms with Crippen LogP contribution in [0.3, 0.4) is 0 Å². The van der Waals surface area contributed by atoms with E-state index in [4.69, 9.17) is 16.3 Å². The molecule has 0 unspecified atom stereocenters. The molecular formula is C16H11ClF3NO3. The molecule has 126 valence electrons. The van der Waals surface area contributed by atoms with E-state index in [0.29, 0.717) is 16.8 Å². The fraction of sp³-hybridized carbons (Fsp3) is 0.125. The molecule has 0 atom stereocenters. The highest BCUT2D eigenvalue weighted by Crippen LogP contribution is 2.29. The maximum absolute atomic E-state index is 12.6. The van der Waals surface area contributed by atoms with Crippen LogP contribution in [0.2, 0.25) is 5.02 Å². The molecule has 2 rings (SSSR count). The van der Waals surface area contributed by atoms with Gasteiger partial charge >= 0.3 is 12.1 Å². The van der Waals surface area contributed by atoms with Gasteiger partial charge in [-0.2, -0.15) is 13.2 Å². The first kappa shape index (κ1) is 17.8. The largest absolute Gasteiger partial charge is 0.452 e. The molecular weight excluding hydrogens is 347 g/mol. The van der Waals surface area contributed by atoms with Crippen LogP contribution in [-0.4, -0.2) is 18.5 Å². The zero-order valence-electron chi connectivity index (χ0n) is 12.1. The molecule has 0 fully saturated rings. The van der Waals surface area contributed by atoms with Crippen LogP contribution in [0.4, 0.5) is 18.9 Å². The van der Waals surface area contributed by atoms with E-state index in [1.54, 1.807) is 24.3 Å². The van der Waals surface area contributed by atoms with Crippen LogP contribution in [0.1, 0.15) is 15.9 Å². The van der Waals surface area contributed by atoms with Crippen molar-refractivity contribution in [3.8, 4) is 0 Å². The third-order valence-electron chi connectivity index (χ3n) is 2.89. The number of anilines is 1. The summed E-state index contributed by atoms with van der Waals surface area (Å²) < 4.78 is 42.5. The van der Waals surface area contributed by atoms with Gasteiger partial charge in [-0.15, -0.1) is 0 Å². The van der Waals surface area contributed by atoms with E-state index >= 15 is 0 Å². The molecule has 2 aromatic carbocycles. The number of hydrogen-bond donors (Lipinski definition) is 1. The van der Waals surface area contributed by atoms with Gasteiger partial charge in [-0.3, -0.25) is 4.79 Å². The van der Waals surface area contributed by atoms with Gasteiger partial charge in [-0.05, 0) is 42.5 Å². The van der Waals surface area contributed by atoms with Gasteiger partial charge in [0.25, 0.3) is 5.91 Å². The smallest absolute Gasteiger partial charge is 0.416 e. The second kappa shape index (κ2) is 7.35. The number of amides is 1. The minimum atomic E-state index is -4.57. The average Bonchev–Trinajstić information content (AvgIpc) is 2.54. The highest BCUT2D eigenvalue weighted by atomic mass is 35.5. The lowest BCUT2D eigenvalue weighted by molar-refractivity contribution is -0.137. The molecule has 0 aliphatic carbocycles. The standard InChI is InChI=1S/C16H11ClF3NO3/c17-12-4-6-13(7-5-12)21-14(22)9-24-15(23)10-2-1-3-11(8-10)16(18,19)20/h1-8H,9H2,(H,21,22). The molecule has 0 aromatic heterocycles. The third-order valence-corrected chi connectivity index (χ3v) is 3.14. The Hall–Kier alpha value is -2.54. The van der Waals surface area contributed by atoms with Crippen LogP contribution < -0.4 is 5.32 Å². The number of carbonyl (C=O) groups is 2. The summed E-state index contributed by atoms with van der Waals surface area (Å²) in [7, 11) is 0. The molecule has 2 aromatic rings. The first-order valence-electron chi connectivity index (χ1n) is 6.65. The summed E-state index contributed by atoms with van der Waals surface area (Å²) in [5.41, 5.74) is -0.814. The van der Waals surface area contributed by atoms with E-state index < -0.39 is 30.2 Å². The van der Waals surface area contributed by atoms with Gasteiger partial charge < -0.3 is 10.1 Å². The van der Waals surface area contributed by atoms with Crippen molar-refractivity contribution in [1.29, 1.82) is 0 Å². The van der Waals surface area contributed by atoms with Gasteiger partial charge in [-0.1, -0.05) is 17.7 Å². The van der Waals surface area contributed by atoms with Crippen LogP contribution in [-0.2, 0) is 15.7 Å². The van der Waals surface area contributed by atoms with Gasteiger partial charge in [-0.25, -0.2) is 4.79 Å². The second-order valence-electron chi connectivity index (χ2n) is 4.71. The summed E-state index contributed by atoms with van der Waals surface area (Å²) in [4.78, 5) is 23.4. The van der Waals surface area contributed by atoms with Gasteiger partial charge in [0.2, 0.25) is 0 Å². The van der Waals surface area contributed by atoms with Crippen LogP contribution >= 0.6 is 11.6 Å². The molecule has 0 radical (unpaired) electrons. The van der Waals surface area contributed by atoms with Gasteiger partial charge in [0.05, 0.1) is 11.1 Å². The van der Waals surface area contributed by atoms with Crippen LogP contribution in [0.15, 0.2) is 48.5 Å². The molecule has 0 saturated heterocycles. The normalized spacial score (nSPS) is 11.0. The molecule has 0 heterocycles. The number of rotatable bonds is 4. The van der Waals surface area contributed by atoms with E-state index in [9.17, 15) is 22.8 Å². The lowest BCUT2D eigenvalue weighted by atomic mass is 10.1. The molecule has 8 heteroatoms. The summed E-state index contributed by atoms with van der Waals surface area (Å²) >= 11 is 5.70. The number of alkyl halides is 3. The minimum Gasteiger partial charge on any atom is -0.452 e. The first-order chi connectivity index (χ1) is 11.3. The fourth-order valence-electron chi connectivity index (χ4n) is 1.77. The van der Waals surface area contributed by atoms with Crippen molar-refractivity contribution < 1.29 is 27.5 Å². The van der Waals surface area contributed by atoms with Gasteiger partial charge in [0.15, 0.2) is 6.61 Å². The van der Waals surface area contributed by atoms with Crippen molar-refractivity contribution in [2.24, 2.45) is 0 Å². The van der Waals surface area contributed by atoms with E-state index in [1.165, 1.54) is 6.07 Å². The number of esters is 1. The van der Waals surface area contributed by atoms with E-state index in [1.807, 2.05) is 0 Å². The van der Waals surface area contributed by atoms with E-state index in [-0.39, 0.29) is 5.56 Å². The van der Waals surface area contributed by atoms with Crippen molar-refractivity contribution >= 4 is 29.2 Å². The first-order valence-corrected chi connectivity index (χ1v) is 7.03. The van der Waals surface area contributed by atoms with Crippen LogP contribution in [0.25, 0.3) is 0 Å². The fourth-order valence-corrected chi connectivity index (χ4v) is 1.89. The quantitative estimate of drug-likeness (QED) is 0.836. The monoisotopic (exact) mass is 357 g/mol. The topological polar surface area (TPSA) is 55.4 Å². The van der Waals surface area contributed by atoms with Crippen molar-refractivity contribution in [1.82, 2.24) is 0 Å². The highest BCUT2D eigenvalue weighted by molar-refractivity contribution is 6.30. The lowest BCUT2D eigenvalue weighted by Gasteiger charge is -2.09. The summed E-state index contributed by atoms with van der Waals surface area (Å²) in [5, 5.41) is 2.95. The Morgan fingerprint density at radius 2 is 1.75 bits per heavy atom. The Labute approximate surface area is 140 Å². The summed E-state index contributed by atoms with van der Waals surface area (Å²) in [5.74, 6) is -1.65. The maximum atomic E-state index is 12.6. The number of hydrogen-bond acceptors (Lipinski definition) is 3. The Bertz CT molecular complexity index is 745. The number of carbonyl (C=O) groups excluding carboxylic acids is 2. The maximum Gasteiger partial charge on any atom is 0.416 e. The summed E-state index contributed by atoms with van der Waals surface area (Å²) in [6.07, 6.45) is -4.57. The minimum absolute atomic E-state index is 0.288. The molecule has 0 saturated carbocycles. The number of ether oxygens (including phenoxy) is 1. The van der Waals surface area contributed by atoms with Crippen LogP contribution in [0.5, 0.6) is 0 Å². The Balaban J connectivity index is 1.93. The molecule has 0 aliphatic rings. The highest BCUT2D eigenvalue weighted by Gasteiger charge is 2.31. The molecule has 0 bridgehead atoms. The zero-order chi connectivity index (χ0) is 17.7. The van der Waals surface area contributed by atoms with Crippen LogP contribution in [0, 0.1) is 0 Å². The van der Waals surface area contributed by atoms with Crippen molar-refractivity contribution in [3.63, 3.8) is 0 Å². The number of nitrogens with one attached hydrogen (secondary N) is 1. The Kier molecular flexibility index (Phi) is 5.46. The molecule has 24 heavy (non-hydrogen) atoms.